The molecule has 0 bridgehead atoms. The third-order valence-electron chi connectivity index (χ3n) is 4.66. The van der Waals surface area contributed by atoms with Gasteiger partial charge in [-0.3, -0.25) is 14.2 Å². The van der Waals surface area contributed by atoms with E-state index >= 15 is 0 Å². The summed E-state index contributed by atoms with van der Waals surface area (Å²) in [4.78, 5) is 31.2. The molecule has 0 spiro atoms. The number of nitrogens with zero attached hydrogens (tertiary/aromatic N) is 2. The lowest BCUT2D eigenvalue weighted by molar-refractivity contribution is -0.136. The van der Waals surface area contributed by atoms with Gasteiger partial charge in [0.05, 0.1) is 23.8 Å². The van der Waals surface area contributed by atoms with E-state index in [0.717, 1.165) is 35.0 Å². The van der Waals surface area contributed by atoms with Gasteiger partial charge >= 0.3 is 6.18 Å². The second-order valence-electron chi connectivity index (χ2n) is 6.80. The molecule has 1 unspecified atom stereocenters. The molecule has 1 atom stereocenters. The summed E-state index contributed by atoms with van der Waals surface area (Å²) in [5.41, 5.74) is 0.771. The van der Waals surface area contributed by atoms with Crippen LogP contribution < -0.4 is 10.9 Å². The van der Waals surface area contributed by atoms with E-state index in [4.69, 9.17) is 4.74 Å². The SMILES string of the molecule is CCc1c(C)sc2nc(SCC(=O)NCC(F)(F)F)n(CC3CCCO3)c(=O)c12. The van der Waals surface area contributed by atoms with E-state index in [1.54, 1.807) is 0 Å². The summed E-state index contributed by atoms with van der Waals surface area (Å²) >= 11 is 2.38. The highest BCUT2D eigenvalue weighted by molar-refractivity contribution is 7.99. The summed E-state index contributed by atoms with van der Waals surface area (Å²) in [5, 5.41) is 2.74. The van der Waals surface area contributed by atoms with E-state index in [9.17, 15) is 22.8 Å². The molecule has 6 nitrogen and oxygen atoms in total. The van der Waals surface area contributed by atoms with E-state index < -0.39 is 18.6 Å². The monoisotopic (exact) mass is 449 g/mol. The van der Waals surface area contributed by atoms with Crippen LogP contribution in [0.3, 0.4) is 0 Å². The first-order chi connectivity index (χ1) is 13.7. The molecule has 1 fully saturated rings. The van der Waals surface area contributed by atoms with E-state index in [1.165, 1.54) is 15.9 Å². The number of thiophene rings is 1. The lowest BCUT2D eigenvalue weighted by atomic mass is 10.1. The second-order valence-corrected chi connectivity index (χ2v) is 8.94. The average molecular weight is 450 g/mol. The Balaban J connectivity index is 1.89. The first kappa shape index (κ1) is 22.1. The molecule has 1 amide bonds. The zero-order valence-electron chi connectivity index (χ0n) is 16.1. The molecular formula is C18H22F3N3O3S2. The van der Waals surface area contributed by atoms with Crippen LogP contribution in [0.25, 0.3) is 10.2 Å². The average Bonchev–Trinajstić information content (AvgIpc) is 3.27. The number of halogens is 3. The van der Waals surface area contributed by atoms with Gasteiger partial charge in [-0.2, -0.15) is 13.2 Å². The van der Waals surface area contributed by atoms with Gasteiger partial charge in [0.1, 0.15) is 11.4 Å². The quantitative estimate of drug-likeness (QED) is 0.519. The molecule has 3 heterocycles. The standard InChI is InChI=1S/C18H22F3N3O3S2/c1-3-12-10(2)29-15-14(12)16(26)24(7-11-5-4-6-27-11)17(23-15)28-8-13(25)22-9-18(19,20)21/h11H,3-9H2,1-2H3,(H,22,25). The second kappa shape index (κ2) is 9.05. The Hall–Kier alpha value is -1.59. The van der Waals surface area contributed by atoms with Crippen LogP contribution in [-0.2, 0) is 22.5 Å². The highest BCUT2D eigenvalue weighted by Gasteiger charge is 2.28. The molecule has 0 aliphatic carbocycles. The number of carbonyl (C=O) groups is 1. The Morgan fingerprint density at radius 3 is 2.83 bits per heavy atom. The number of fused-ring (bicyclic) bond motifs is 1. The Morgan fingerprint density at radius 2 is 2.21 bits per heavy atom. The van der Waals surface area contributed by atoms with Crippen molar-refractivity contribution in [2.24, 2.45) is 0 Å². The van der Waals surface area contributed by atoms with E-state index in [1.807, 2.05) is 19.2 Å². The number of hydrogen-bond donors (Lipinski definition) is 1. The number of alkyl halides is 3. The van der Waals surface area contributed by atoms with Gasteiger partial charge in [-0.05, 0) is 31.7 Å². The van der Waals surface area contributed by atoms with Gasteiger partial charge in [0.25, 0.3) is 5.56 Å². The first-order valence-electron chi connectivity index (χ1n) is 9.30. The molecule has 2 aromatic rings. The molecular weight excluding hydrogens is 427 g/mol. The molecule has 29 heavy (non-hydrogen) atoms. The minimum absolute atomic E-state index is 0.116. The molecule has 1 aliphatic rings. The zero-order chi connectivity index (χ0) is 21.2. The first-order valence-corrected chi connectivity index (χ1v) is 11.1. The van der Waals surface area contributed by atoms with Gasteiger partial charge in [-0.25, -0.2) is 4.98 Å². The normalized spacial score (nSPS) is 17.2. The maximum absolute atomic E-state index is 13.2. The van der Waals surface area contributed by atoms with E-state index in [0.29, 0.717) is 34.9 Å². The number of aryl methyl sites for hydroxylation is 2. The summed E-state index contributed by atoms with van der Waals surface area (Å²) in [6.07, 6.45) is -2.14. The third-order valence-corrected chi connectivity index (χ3v) is 6.68. The Labute approximate surface area is 173 Å². The largest absolute Gasteiger partial charge is 0.405 e. The van der Waals surface area contributed by atoms with Gasteiger partial charge in [0.2, 0.25) is 5.91 Å². The van der Waals surface area contributed by atoms with Crippen LogP contribution in [0.1, 0.15) is 30.2 Å². The van der Waals surface area contributed by atoms with Crippen LogP contribution in [0.5, 0.6) is 0 Å². The predicted molar refractivity (Wildman–Crippen MR) is 107 cm³/mol. The third kappa shape index (κ3) is 5.32. The summed E-state index contributed by atoms with van der Waals surface area (Å²) < 4.78 is 44.0. The number of carbonyl (C=O) groups excluding carboxylic acids is 1. The molecule has 160 valence electrons. The van der Waals surface area contributed by atoms with Crippen molar-refractivity contribution in [2.75, 3.05) is 18.9 Å². The topological polar surface area (TPSA) is 73.2 Å². The Kier molecular flexibility index (Phi) is 6.90. The highest BCUT2D eigenvalue weighted by atomic mass is 32.2. The van der Waals surface area contributed by atoms with Gasteiger partial charge in [0, 0.05) is 11.5 Å². The molecule has 0 aromatic carbocycles. The van der Waals surface area contributed by atoms with Crippen molar-refractivity contribution in [1.29, 1.82) is 0 Å². The molecule has 11 heteroatoms. The number of nitrogens with one attached hydrogen (secondary N) is 1. The van der Waals surface area contributed by atoms with E-state index in [-0.39, 0.29) is 17.4 Å². The van der Waals surface area contributed by atoms with Gasteiger partial charge < -0.3 is 10.1 Å². The molecule has 1 N–H and O–H groups in total. The van der Waals surface area contributed by atoms with Crippen LogP contribution in [0.2, 0.25) is 0 Å². The number of rotatable bonds is 7. The molecule has 1 aliphatic heterocycles. The van der Waals surface area contributed by atoms with Crippen molar-refractivity contribution < 1.29 is 22.7 Å². The van der Waals surface area contributed by atoms with Crippen LogP contribution in [0, 0.1) is 6.92 Å². The fraction of sp³-hybridized carbons (Fsp3) is 0.611. The number of aromatic nitrogens is 2. The number of ether oxygens (including phenoxy) is 1. The Morgan fingerprint density at radius 1 is 1.45 bits per heavy atom. The fourth-order valence-electron chi connectivity index (χ4n) is 3.30. The summed E-state index contributed by atoms with van der Waals surface area (Å²) in [5.74, 6) is -1.02. The maximum Gasteiger partial charge on any atom is 0.405 e. The van der Waals surface area contributed by atoms with Gasteiger partial charge in [-0.1, -0.05) is 18.7 Å². The van der Waals surface area contributed by atoms with Crippen LogP contribution in [0.15, 0.2) is 9.95 Å². The number of hydrogen-bond acceptors (Lipinski definition) is 6. The van der Waals surface area contributed by atoms with Crippen molar-refractivity contribution in [3.8, 4) is 0 Å². The molecule has 0 saturated carbocycles. The van der Waals surface area contributed by atoms with E-state index in [2.05, 4.69) is 4.98 Å². The number of thioether (sulfide) groups is 1. The van der Waals surface area contributed by atoms with Crippen molar-refractivity contribution in [3.63, 3.8) is 0 Å². The zero-order valence-corrected chi connectivity index (χ0v) is 17.7. The van der Waals surface area contributed by atoms with Crippen molar-refractivity contribution in [2.45, 2.75) is 57.1 Å². The summed E-state index contributed by atoms with van der Waals surface area (Å²) in [7, 11) is 0. The minimum Gasteiger partial charge on any atom is -0.376 e. The highest BCUT2D eigenvalue weighted by Crippen LogP contribution is 2.30. The van der Waals surface area contributed by atoms with Crippen LogP contribution >= 0.6 is 23.1 Å². The minimum atomic E-state index is -4.47. The van der Waals surface area contributed by atoms with Crippen molar-refractivity contribution >= 4 is 39.2 Å². The smallest absolute Gasteiger partial charge is 0.376 e. The molecule has 2 aromatic heterocycles. The Bertz CT molecular complexity index is 950. The van der Waals surface area contributed by atoms with Crippen molar-refractivity contribution in [1.82, 2.24) is 14.9 Å². The molecule has 1 saturated heterocycles. The van der Waals surface area contributed by atoms with Gasteiger partial charge in [0.15, 0.2) is 5.16 Å². The van der Waals surface area contributed by atoms with Crippen LogP contribution in [0.4, 0.5) is 13.2 Å². The fourth-order valence-corrected chi connectivity index (χ4v) is 5.29. The number of amides is 1. The summed E-state index contributed by atoms with van der Waals surface area (Å²) in [6, 6.07) is 0. The lowest BCUT2D eigenvalue weighted by Gasteiger charge is -2.16. The predicted octanol–water partition coefficient (Wildman–Crippen LogP) is 3.28. The lowest BCUT2D eigenvalue weighted by Crippen LogP contribution is -2.35. The maximum atomic E-state index is 13.2. The molecule has 0 radical (unpaired) electrons. The van der Waals surface area contributed by atoms with Gasteiger partial charge in [-0.15, -0.1) is 11.3 Å². The summed E-state index contributed by atoms with van der Waals surface area (Å²) in [6.45, 7) is 3.48. The molecule has 3 rings (SSSR count). The van der Waals surface area contributed by atoms with Crippen LogP contribution in [-0.4, -0.2) is 46.6 Å². The van der Waals surface area contributed by atoms with Crippen molar-refractivity contribution in [3.05, 3.63) is 20.8 Å².